The summed E-state index contributed by atoms with van der Waals surface area (Å²) < 4.78 is 0. The van der Waals surface area contributed by atoms with Crippen molar-refractivity contribution in [3.8, 4) is 0 Å². The molecule has 1 aromatic carbocycles. The molecule has 2 aliphatic rings. The molecular weight excluding hydrogens is 328 g/mol. The zero-order chi connectivity index (χ0) is 18.1. The van der Waals surface area contributed by atoms with Crippen LogP contribution in [0.15, 0.2) is 18.2 Å². The van der Waals surface area contributed by atoms with Gasteiger partial charge in [-0.25, -0.2) is 0 Å². The Morgan fingerprint density at radius 1 is 1.20 bits per heavy atom. The molecule has 1 aromatic rings. The molecule has 3 rings (SSSR count). The summed E-state index contributed by atoms with van der Waals surface area (Å²) in [6.45, 7) is 0. The van der Waals surface area contributed by atoms with Crippen molar-refractivity contribution < 1.29 is 29.1 Å². The molecule has 0 unspecified atom stereocenters. The van der Waals surface area contributed by atoms with Gasteiger partial charge in [0.05, 0.1) is 11.1 Å². The van der Waals surface area contributed by atoms with E-state index in [0.717, 1.165) is 4.90 Å². The predicted octanol–water partition coefficient (Wildman–Crippen LogP) is 0.495. The number of carbonyl (C=O) groups is 5. The maximum Gasteiger partial charge on any atom is 0.303 e. The Morgan fingerprint density at radius 2 is 1.96 bits per heavy atom. The number of amides is 4. The number of fused-ring (bicyclic) bond motifs is 1. The van der Waals surface area contributed by atoms with Gasteiger partial charge >= 0.3 is 5.97 Å². The molecule has 0 radical (unpaired) electrons. The minimum atomic E-state index is -1.04. The van der Waals surface area contributed by atoms with Crippen LogP contribution < -0.4 is 5.32 Å². The van der Waals surface area contributed by atoms with Crippen LogP contribution in [0.5, 0.6) is 0 Å². The van der Waals surface area contributed by atoms with Crippen LogP contribution in [-0.2, 0) is 20.8 Å². The lowest BCUT2D eigenvalue weighted by atomic mass is 9.99. The third-order valence-electron chi connectivity index (χ3n) is 4.40. The molecule has 0 bridgehead atoms. The maximum atomic E-state index is 12.8. The first kappa shape index (κ1) is 16.8. The molecule has 1 saturated heterocycles. The van der Waals surface area contributed by atoms with Gasteiger partial charge < -0.3 is 5.11 Å². The molecular formula is C17H16N2O6. The van der Waals surface area contributed by atoms with E-state index in [9.17, 15) is 24.0 Å². The molecule has 2 heterocycles. The predicted molar refractivity (Wildman–Crippen MR) is 83.7 cm³/mol. The van der Waals surface area contributed by atoms with E-state index in [1.54, 1.807) is 12.1 Å². The van der Waals surface area contributed by atoms with Crippen LogP contribution in [0, 0.1) is 0 Å². The smallest absolute Gasteiger partial charge is 0.303 e. The molecule has 2 aliphatic heterocycles. The van der Waals surface area contributed by atoms with Crippen LogP contribution in [0.1, 0.15) is 52.0 Å². The number of imide groups is 2. The SMILES string of the molecule is O=C(O)CCc1cccc2c1C(=O)N([C@H]1CCCC(=O)NC1=O)C2=O. The van der Waals surface area contributed by atoms with Crippen LogP contribution in [0.4, 0.5) is 0 Å². The van der Waals surface area contributed by atoms with Gasteiger partial charge in [-0.15, -0.1) is 0 Å². The fraction of sp³-hybridized carbons (Fsp3) is 0.353. The number of carbonyl (C=O) groups excluding carboxylic acids is 4. The number of aliphatic carboxylic acids is 1. The van der Waals surface area contributed by atoms with E-state index in [1.165, 1.54) is 6.07 Å². The van der Waals surface area contributed by atoms with Gasteiger partial charge in [0, 0.05) is 12.8 Å². The minimum absolute atomic E-state index is 0.112. The summed E-state index contributed by atoms with van der Waals surface area (Å²) >= 11 is 0. The second-order valence-corrected chi connectivity index (χ2v) is 6.03. The van der Waals surface area contributed by atoms with Crippen molar-refractivity contribution in [3.05, 3.63) is 34.9 Å². The lowest BCUT2D eigenvalue weighted by Gasteiger charge is -2.23. The topological polar surface area (TPSA) is 121 Å². The van der Waals surface area contributed by atoms with Gasteiger partial charge in [-0.3, -0.25) is 34.2 Å². The molecule has 2 N–H and O–H groups in total. The Balaban J connectivity index is 1.94. The van der Waals surface area contributed by atoms with Crippen molar-refractivity contribution in [2.75, 3.05) is 0 Å². The second-order valence-electron chi connectivity index (χ2n) is 6.03. The van der Waals surface area contributed by atoms with Crippen molar-refractivity contribution in [1.82, 2.24) is 10.2 Å². The summed E-state index contributed by atoms with van der Waals surface area (Å²) in [5, 5.41) is 11.0. The Kier molecular flexibility index (Phi) is 4.35. The fourth-order valence-corrected chi connectivity index (χ4v) is 3.22. The molecule has 130 valence electrons. The zero-order valence-corrected chi connectivity index (χ0v) is 13.3. The average Bonchev–Trinajstić information content (AvgIpc) is 2.70. The summed E-state index contributed by atoms with van der Waals surface area (Å²) in [6.07, 6.45) is 0.710. The number of carboxylic acid groups (broad SMARTS) is 1. The van der Waals surface area contributed by atoms with Crippen LogP contribution in [0.2, 0.25) is 0 Å². The van der Waals surface area contributed by atoms with E-state index in [1.807, 2.05) is 0 Å². The molecule has 8 heteroatoms. The van der Waals surface area contributed by atoms with E-state index in [0.29, 0.717) is 12.0 Å². The normalized spacial score (nSPS) is 20.3. The van der Waals surface area contributed by atoms with E-state index in [4.69, 9.17) is 5.11 Å². The van der Waals surface area contributed by atoms with E-state index < -0.39 is 35.6 Å². The quantitative estimate of drug-likeness (QED) is 0.767. The Hall–Kier alpha value is -3.03. The monoisotopic (exact) mass is 344 g/mol. The number of hydrogen-bond donors (Lipinski definition) is 2. The first-order valence-electron chi connectivity index (χ1n) is 7.95. The molecule has 0 aromatic heterocycles. The van der Waals surface area contributed by atoms with Gasteiger partial charge in [0.15, 0.2) is 0 Å². The molecule has 0 aliphatic carbocycles. The van der Waals surface area contributed by atoms with Gasteiger partial charge in [0.1, 0.15) is 6.04 Å². The number of rotatable bonds is 4. The molecule has 25 heavy (non-hydrogen) atoms. The van der Waals surface area contributed by atoms with Gasteiger partial charge in [0.25, 0.3) is 11.8 Å². The highest BCUT2D eigenvalue weighted by atomic mass is 16.4. The highest BCUT2D eigenvalue weighted by Gasteiger charge is 2.44. The van der Waals surface area contributed by atoms with Gasteiger partial charge in [-0.1, -0.05) is 12.1 Å². The molecule has 8 nitrogen and oxygen atoms in total. The van der Waals surface area contributed by atoms with Crippen molar-refractivity contribution in [2.45, 2.75) is 38.1 Å². The van der Waals surface area contributed by atoms with Gasteiger partial charge in [-0.2, -0.15) is 0 Å². The van der Waals surface area contributed by atoms with Crippen molar-refractivity contribution in [2.24, 2.45) is 0 Å². The largest absolute Gasteiger partial charge is 0.481 e. The number of nitrogens with zero attached hydrogens (tertiary/aromatic N) is 1. The summed E-state index contributed by atoms with van der Waals surface area (Å²) in [5.41, 5.74) is 0.777. The standard InChI is InChI=1S/C17H16N2O6/c20-12-6-2-5-11(15(23)18-12)19-16(24)10-4-1-3-9(7-8-13(21)22)14(10)17(19)25/h1,3-4,11H,2,5-8H2,(H,21,22)(H,18,20,23)/t11-/m0/s1. The Labute approximate surface area is 142 Å². The number of aryl methyl sites for hydroxylation is 1. The Morgan fingerprint density at radius 3 is 2.68 bits per heavy atom. The van der Waals surface area contributed by atoms with Gasteiger partial charge in [-0.05, 0) is 30.9 Å². The van der Waals surface area contributed by atoms with Crippen LogP contribution in [-0.4, -0.2) is 45.6 Å². The summed E-state index contributed by atoms with van der Waals surface area (Å²) in [4.78, 5) is 60.8. The minimum Gasteiger partial charge on any atom is -0.481 e. The summed E-state index contributed by atoms with van der Waals surface area (Å²) in [6, 6.07) is 3.64. The van der Waals surface area contributed by atoms with E-state index in [-0.39, 0.29) is 36.8 Å². The van der Waals surface area contributed by atoms with Crippen LogP contribution in [0.25, 0.3) is 0 Å². The van der Waals surface area contributed by atoms with E-state index in [2.05, 4.69) is 5.32 Å². The number of hydrogen-bond acceptors (Lipinski definition) is 5. The van der Waals surface area contributed by atoms with Crippen LogP contribution in [0.3, 0.4) is 0 Å². The lowest BCUT2D eigenvalue weighted by molar-refractivity contribution is -0.137. The molecule has 4 amide bonds. The number of carboxylic acids is 1. The van der Waals surface area contributed by atoms with Crippen molar-refractivity contribution in [1.29, 1.82) is 0 Å². The third-order valence-corrected chi connectivity index (χ3v) is 4.40. The fourth-order valence-electron chi connectivity index (χ4n) is 3.22. The van der Waals surface area contributed by atoms with E-state index >= 15 is 0 Å². The third kappa shape index (κ3) is 3.02. The second kappa shape index (κ2) is 6.46. The first-order valence-corrected chi connectivity index (χ1v) is 7.95. The highest BCUT2D eigenvalue weighted by molar-refractivity contribution is 6.23. The Bertz CT molecular complexity index is 800. The molecule has 1 fully saturated rings. The zero-order valence-electron chi connectivity index (χ0n) is 13.3. The highest BCUT2D eigenvalue weighted by Crippen LogP contribution is 2.30. The van der Waals surface area contributed by atoms with Crippen molar-refractivity contribution in [3.63, 3.8) is 0 Å². The molecule has 0 saturated carbocycles. The number of nitrogens with one attached hydrogen (secondary N) is 1. The summed E-state index contributed by atoms with van der Waals surface area (Å²) in [7, 11) is 0. The average molecular weight is 344 g/mol. The number of benzene rings is 1. The maximum absolute atomic E-state index is 12.8. The van der Waals surface area contributed by atoms with Gasteiger partial charge in [0.2, 0.25) is 11.8 Å². The van der Waals surface area contributed by atoms with Crippen molar-refractivity contribution >= 4 is 29.6 Å². The van der Waals surface area contributed by atoms with Crippen LogP contribution >= 0.6 is 0 Å². The lowest BCUT2D eigenvalue weighted by Crippen LogP contribution is -2.49. The first-order chi connectivity index (χ1) is 11.9. The molecule has 1 atom stereocenters. The molecule has 0 spiro atoms. The summed E-state index contributed by atoms with van der Waals surface area (Å²) in [5.74, 6) is -3.30.